The number of nitro groups is 2. The van der Waals surface area contributed by atoms with Gasteiger partial charge in [-0.15, -0.1) is 0 Å². The van der Waals surface area contributed by atoms with Crippen molar-refractivity contribution >= 4 is 49.9 Å². The fourth-order valence-electron chi connectivity index (χ4n) is 3.76. The lowest BCUT2D eigenvalue weighted by Crippen LogP contribution is -2.17. The number of aromatic amines is 1. The van der Waals surface area contributed by atoms with Crippen LogP contribution in [0.2, 0.25) is 0 Å². The van der Waals surface area contributed by atoms with E-state index in [1.54, 1.807) is 36.4 Å². The molecule has 0 aliphatic rings. The van der Waals surface area contributed by atoms with Crippen LogP contribution in [-0.4, -0.2) is 45.8 Å². The molecule has 1 aromatic heterocycles. The van der Waals surface area contributed by atoms with Crippen LogP contribution in [0.25, 0.3) is 22.0 Å². The van der Waals surface area contributed by atoms with Crippen LogP contribution in [0.5, 0.6) is 17.2 Å². The summed E-state index contributed by atoms with van der Waals surface area (Å²) < 4.78 is 11.7. The van der Waals surface area contributed by atoms with Crippen molar-refractivity contribution in [2.45, 2.75) is 0 Å². The van der Waals surface area contributed by atoms with E-state index in [0.717, 1.165) is 16.6 Å². The SMILES string of the molecule is COc1cc(OC)c2c(-c3ccc(Br)cc3)c(/C(=N/Oc3ccc([N+](=O)[O-])cc3[N+](=O)[O-])C(=O)O)[nH]c2c1. The molecule has 4 aromatic rings. The number of halogens is 1. The summed E-state index contributed by atoms with van der Waals surface area (Å²) in [5.41, 5.74) is -0.421. The van der Waals surface area contributed by atoms with Crippen molar-refractivity contribution in [1.29, 1.82) is 0 Å². The molecule has 0 fully saturated rings. The second-order valence-electron chi connectivity index (χ2n) is 7.64. The maximum absolute atomic E-state index is 12.4. The summed E-state index contributed by atoms with van der Waals surface area (Å²) >= 11 is 3.38. The third kappa shape index (κ3) is 4.97. The normalized spacial score (nSPS) is 11.3. The van der Waals surface area contributed by atoms with Gasteiger partial charge in [-0.2, -0.15) is 0 Å². The highest BCUT2D eigenvalue weighted by Gasteiger charge is 2.27. The molecule has 4 rings (SSSR count). The Morgan fingerprint density at radius 1 is 0.974 bits per heavy atom. The standard InChI is InChI=1S/C24H17BrN4O9/c1-36-15-10-16-21(19(11-15)37-2)20(12-3-5-13(25)6-4-12)22(26-16)23(24(30)31)27-38-18-8-7-14(28(32)33)9-17(18)29(34)35/h3-11,26H,1-2H3,(H,30,31)/b27-23-. The Bertz CT molecular complexity index is 1610. The first-order valence-corrected chi connectivity index (χ1v) is 11.4. The number of nitrogens with zero attached hydrogens (tertiary/aromatic N) is 3. The zero-order valence-corrected chi connectivity index (χ0v) is 21.2. The number of ether oxygens (including phenoxy) is 2. The number of nitrogens with one attached hydrogen (secondary N) is 1. The van der Waals surface area contributed by atoms with Gasteiger partial charge in [-0.05, 0) is 23.8 Å². The Morgan fingerprint density at radius 3 is 2.26 bits per heavy atom. The van der Waals surface area contributed by atoms with Crippen LogP contribution < -0.4 is 14.3 Å². The summed E-state index contributed by atoms with van der Waals surface area (Å²) in [6.45, 7) is 0. The topological polar surface area (TPSA) is 179 Å². The molecule has 38 heavy (non-hydrogen) atoms. The van der Waals surface area contributed by atoms with Gasteiger partial charge in [0.25, 0.3) is 5.69 Å². The first-order valence-electron chi connectivity index (χ1n) is 10.6. The molecule has 0 saturated heterocycles. The molecule has 0 atom stereocenters. The Hall–Kier alpha value is -4.98. The Balaban J connectivity index is 1.95. The Kier molecular flexibility index (Phi) is 7.25. The molecule has 0 radical (unpaired) electrons. The summed E-state index contributed by atoms with van der Waals surface area (Å²) in [5, 5.41) is 36.8. The molecule has 13 nitrogen and oxygen atoms in total. The minimum atomic E-state index is -1.51. The molecule has 0 amide bonds. The molecule has 0 bridgehead atoms. The van der Waals surface area contributed by atoms with E-state index in [1.807, 2.05) is 0 Å². The van der Waals surface area contributed by atoms with Crippen molar-refractivity contribution in [2.75, 3.05) is 14.2 Å². The third-order valence-electron chi connectivity index (χ3n) is 5.45. The van der Waals surface area contributed by atoms with E-state index in [1.165, 1.54) is 14.2 Å². The van der Waals surface area contributed by atoms with Crippen LogP contribution in [0.15, 0.2) is 64.2 Å². The van der Waals surface area contributed by atoms with Gasteiger partial charge in [0, 0.05) is 28.2 Å². The highest BCUT2D eigenvalue weighted by atomic mass is 79.9. The summed E-state index contributed by atoms with van der Waals surface area (Å²) in [5.74, 6) is -1.17. The lowest BCUT2D eigenvalue weighted by atomic mass is 9.99. The van der Waals surface area contributed by atoms with Gasteiger partial charge in [0.15, 0.2) is 0 Å². The maximum atomic E-state index is 12.4. The van der Waals surface area contributed by atoms with E-state index in [2.05, 4.69) is 26.1 Å². The fourth-order valence-corrected chi connectivity index (χ4v) is 4.02. The molecule has 14 heteroatoms. The molecule has 0 aliphatic carbocycles. The largest absolute Gasteiger partial charge is 0.497 e. The number of aliphatic carboxylic acids is 1. The maximum Gasteiger partial charge on any atom is 0.360 e. The quantitative estimate of drug-likeness (QED) is 0.150. The number of oxime groups is 1. The van der Waals surface area contributed by atoms with Gasteiger partial charge in [0.2, 0.25) is 11.5 Å². The van der Waals surface area contributed by atoms with E-state index >= 15 is 0 Å². The van der Waals surface area contributed by atoms with E-state index < -0.39 is 38.7 Å². The first-order chi connectivity index (χ1) is 18.1. The number of carbonyl (C=O) groups is 1. The zero-order valence-electron chi connectivity index (χ0n) is 19.6. The number of hydrogen-bond donors (Lipinski definition) is 2. The molecule has 2 N–H and O–H groups in total. The number of carboxylic acid groups (broad SMARTS) is 1. The number of non-ortho nitro benzene ring substituents is 1. The van der Waals surface area contributed by atoms with Crippen molar-refractivity contribution in [3.8, 4) is 28.4 Å². The van der Waals surface area contributed by atoms with E-state index in [4.69, 9.17) is 14.3 Å². The van der Waals surface area contributed by atoms with Crippen molar-refractivity contribution in [3.63, 3.8) is 0 Å². The molecule has 0 saturated carbocycles. The summed E-state index contributed by atoms with van der Waals surface area (Å²) in [7, 11) is 2.92. The molecule has 0 aliphatic heterocycles. The number of nitro benzene ring substituents is 2. The molecular formula is C24H17BrN4O9. The van der Waals surface area contributed by atoms with E-state index in [0.29, 0.717) is 39.6 Å². The first kappa shape index (κ1) is 26.1. The predicted octanol–water partition coefficient (Wildman–Crippen LogP) is 5.30. The number of hydrogen-bond acceptors (Lipinski definition) is 9. The van der Waals surface area contributed by atoms with Gasteiger partial charge >= 0.3 is 11.7 Å². The predicted molar refractivity (Wildman–Crippen MR) is 139 cm³/mol. The number of rotatable bonds is 9. The average molecular weight is 585 g/mol. The smallest absolute Gasteiger partial charge is 0.360 e. The van der Waals surface area contributed by atoms with Crippen LogP contribution >= 0.6 is 15.9 Å². The molecule has 1 heterocycles. The molecular weight excluding hydrogens is 568 g/mol. The van der Waals surface area contributed by atoms with Gasteiger partial charge in [0.05, 0.1) is 46.7 Å². The number of aromatic nitrogens is 1. The van der Waals surface area contributed by atoms with Crippen LogP contribution in [-0.2, 0) is 4.79 Å². The Labute approximate surface area is 221 Å². The fraction of sp³-hybridized carbons (Fsp3) is 0.0833. The molecule has 3 aromatic carbocycles. The van der Waals surface area contributed by atoms with E-state index in [-0.39, 0.29) is 5.69 Å². The lowest BCUT2D eigenvalue weighted by Gasteiger charge is -2.09. The van der Waals surface area contributed by atoms with Crippen LogP contribution in [0, 0.1) is 20.2 Å². The number of carboxylic acids is 1. The van der Waals surface area contributed by atoms with E-state index in [9.17, 15) is 30.1 Å². The Morgan fingerprint density at radius 2 is 1.68 bits per heavy atom. The summed E-state index contributed by atoms with van der Waals surface area (Å²) in [6, 6.07) is 13.0. The summed E-state index contributed by atoms with van der Waals surface area (Å²) in [4.78, 5) is 41.3. The van der Waals surface area contributed by atoms with Crippen LogP contribution in [0.3, 0.4) is 0 Å². The van der Waals surface area contributed by atoms with Crippen molar-refractivity contribution in [3.05, 3.63) is 85.0 Å². The molecule has 194 valence electrons. The van der Waals surface area contributed by atoms with Crippen LogP contribution in [0.1, 0.15) is 5.69 Å². The number of H-pyrrole nitrogens is 1. The van der Waals surface area contributed by atoms with Crippen LogP contribution in [0.4, 0.5) is 11.4 Å². The van der Waals surface area contributed by atoms with Gasteiger partial charge in [0.1, 0.15) is 11.5 Å². The van der Waals surface area contributed by atoms with Crippen molar-refractivity contribution in [2.24, 2.45) is 5.16 Å². The lowest BCUT2D eigenvalue weighted by molar-refractivity contribution is -0.394. The van der Waals surface area contributed by atoms with Crippen molar-refractivity contribution in [1.82, 2.24) is 4.98 Å². The van der Waals surface area contributed by atoms with Gasteiger partial charge in [-0.3, -0.25) is 20.2 Å². The van der Waals surface area contributed by atoms with Crippen molar-refractivity contribution < 1.29 is 34.1 Å². The minimum Gasteiger partial charge on any atom is -0.497 e. The number of benzene rings is 3. The van der Waals surface area contributed by atoms with Gasteiger partial charge in [-0.25, -0.2) is 4.79 Å². The molecule has 0 unspecified atom stereocenters. The zero-order chi connectivity index (χ0) is 27.6. The highest BCUT2D eigenvalue weighted by molar-refractivity contribution is 9.10. The number of methoxy groups -OCH3 is 2. The number of fused-ring (bicyclic) bond motifs is 1. The second-order valence-corrected chi connectivity index (χ2v) is 8.55. The summed E-state index contributed by atoms with van der Waals surface area (Å²) in [6.07, 6.45) is 0. The average Bonchev–Trinajstić information content (AvgIpc) is 3.27. The highest BCUT2D eigenvalue weighted by Crippen LogP contribution is 2.41. The van der Waals surface area contributed by atoms with Gasteiger partial charge in [-0.1, -0.05) is 33.2 Å². The monoisotopic (exact) mass is 584 g/mol. The van der Waals surface area contributed by atoms with Gasteiger partial charge < -0.3 is 24.4 Å². The third-order valence-corrected chi connectivity index (χ3v) is 5.98. The molecule has 0 spiro atoms. The minimum absolute atomic E-state index is 0.0194. The second kappa shape index (κ2) is 10.6.